The van der Waals surface area contributed by atoms with Crippen molar-refractivity contribution in [2.24, 2.45) is 0 Å². The van der Waals surface area contributed by atoms with E-state index in [4.69, 9.17) is 0 Å². The summed E-state index contributed by atoms with van der Waals surface area (Å²) in [6.07, 6.45) is 0. The molecular formula is C15H16N2O3S. The van der Waals surface area contributed by atoms with E-state index in [9.17, 15) is 13.2 Å². The van der Waals surface area contributed by atoms with Gasteiger partial charge in [0.25, 0.3) is 10.0 Å². The molecule has 0 aliphatic rings. The number of anilines is 2. The highest BCUT2D eigenvalue weighted by Crippen LogP contribution is 2.23. The Labute approximate surface area is 124 Å². The predicted octanol–water partition coefficient (Wildman–Crippen LogP) is 2.47. The first-order chi connectivity index (χ1) is 9.91. The molecule has 5 nitrogen and oxygen atoms in total. The third-order valence-electron chi connectivity index (χ3n) is 2.95. The maximum absolute atomic E-state index is 12.5. The molecule has 0 bridgehead atoms. The summed E-state index contributed by atoms with van der Waals surface area (Å²) in [5.41, 5.74) is 1.14. The number of carbonyl (C=O) groups excluding carboxylic acids is 1. The van der Waals surface area contributed by atoms with Gasteiger partial charge in [-0.2, -0.15) is 0 Å². The van der Waals surface area contributed by atoms with Crippen LogP contribution in [0.3, 0.4) is 0 Å². The van der Waals surface area contributed by atoms with Crippen molar-refractivity contribution in [2.45, 2.75) is 11.8 Å². The van der Waals surface area contributed by atoms with Crippen molar-refractivity contribution >= 4 is 27.3 Å². The van der Waals surface area contributed by atoms with Gasteiger partial charge < -0.3 is 5.32 Å². The van der Waals surface area contributed by atoms with E-state index in [0.29, 0.717) is 11.4 Å². The van der Waals surface area contributed by atoms with E-state index in [1.54, 1.807) is 54.6 Å². The first-order valence-electron chi connectivity index (χ1n) is 6.33. The fourth-order valence-electron chi connectivity index (χ4n) is 1.85. The Morgan fingerprint density at radius 2 is 1.57 bits per heavy atom. The number of amides is 1. The van der Waals surface area contributed by atoms with Crippen molar-refractivity contribution in [3.63, 3.8) is 0 Å². The minimum absolute atomic E-state index is 0.173. The molecule has 6 heteroatoms. The third kappa shape index (κ3) is 3.41. The molecule has 0 aromatic heterocycles. The van der Waals surface area contributed by atoms with Crippen LogP contribution in [0.25, 0.3) is 0 Å². The summed E-state index contributed by atoms with van der Waals surface area (Å²) >= 11 is 0. The molecule has 2 rings (SSSR count). The highest BCUT2D eigenvalue weighted by Gasteiger charge is 2.20. The van der Waals surface area contributed by atoms with Crippen molar-refractivity contribution in [2.75, 3.05) is 16.7 Å². The van der Waals surface area contributed by atoms with E-state index < -0.39 is 10.0 Å². The van der Waals surface area contributed by atoms with Crippen LogP contribution in [0.15, 0.2) is 59.5 Å². The molecule has 1 amide bonds. The minimum Gasteiger partial charge on any atom is -0.326 e. The quantitative estimate of drug-likeness (QED) is 0.943. The monoisotopic (exact) mass is 304 g/mol. The maximum atomic E-state index is 12.5. The lowest BCUT2D eigenvalue weighted by Gasteiger charge is -2.19. The van der Waals surface area contributed by atoms with Gasteiger partial charge >= 0.3 is 0 Å². The first kappa shape index (κ1) is 15.1. The molecule has 0 unspecified atom stereocenters. The lowest BCUT2D eigenvalue weighted by molar-refractivity contribution is -0.114. The average molecular weight is 304 g/mol. The van der Waals surface area contributed by atoms with Crippen LogP contribution in [0.2, 0.25) is 0 Å². The normalized spacial score (nSPS) is 11.0. The number of nitrogens with zero attached hydrogens (tertiary/aromatic N) is 1. The Balaban J connectivity index is 2.27. The molecule has 0 aliphatic heterocycles. The van der Waals surface area contributed by atoms with Crippen LogP contribution >= 0.6 is 0 Å². The molecule has 110 valence electrons. The molecule has 21 heavy (non-hydrogen) atoms. The van der Waals surface area contributed by atoms with Crippen LogP contribution in [0.5, 0.6) is 0 Å². The van der Waals surface area contributed by atoms with Crippen LogP contribution in [-0.2, 0) is 14.8 Å². The van der Waals surface area contributed by atoms with Crippen molar-refractivity contribution in [1.82, 2.24) is 0 Å². The molecule has 1 N–H and O–H groups in total. The molecule has 0 radical (unpaired) electrons. The first-order valence-corrected chi connectivity index (χ1v) is 7.77. The van der Waals surface area contributed by atoms with Gasteiger partial charge in [-0.3, -0.25) is 9.10 Å². The standard InChI is InChI=1S/C15H16N2O3S/c1-12(18)16-13-8-10-14(11-9-13)17(2)21(19,20)15-6-4-3-5-7-15/h3-11H,1-2H3,(H,16,18). The molecule has 0 fully saturated rings. The minimum atomic E-state index is -3.58. The van der Waals surface area contributed by atoms with Gasteiger partial charge in [0.1, 0.15) is 0 Å². The summed E-state index contributed by atoms with van der Waals surface area (Å²) in [6, 6.07) is 14.8. The highest BCUT2D eigenvalue weighted by atomic mass is 32.2. The topological polar surface area (TPSA) is 66.5 Å². The second kappa shape index (κ2) is 5.97. The van der Waals surface area contributed by atoms with Crippen molar-refractivity contribution < 1.29 is 13.2 Å². The lowest BCUT2D eigenvalue weighted by Crippen LogP contribution is -2.26. The second-order valence-corrected chi connectivity index (χ2v) is 6.48. The zero-order valence-electron chi connectivity index (χ0n) is 11.8. The Kier molecular flexibility index (Phi) is 4.28. The number of hydrogen-bond acceptors (Lipinski definition) is 3. The molecule has 0 atom stereocenters. The summed E-state index contributed by atoms with van der Waals surface area (Å²) in [6.45, 7) is 1.42. The molecule has 0 spiro atoms. The highest BCUT2D eigenvalue weighted by molar-refractivity contribution is 7.92. The fourth-order valence-corrected chi connectivity index (χ4v) is 3.06. The summed E-state index contributed by atoms with van der Waals surface area (Å²) in [5, 5.41) is 2.63. The number of rotatable bonds is 4. The van der Waals surface area contributed by atoms with E-state index in [2.05, 4.69) is 5.32 Å². The molecule has 2 aromatic carbocycles. The van der Waals surface area contributed by atoms with E-state index in [0.717, 1.165) is 0 Å². The fraction of sp³-hybridized carbons (Fsp3) is 0.133. The second-order valence-electron chi connectivity index (χ2n) is 4.51. The van der Waals surface area contributed by atoms with Gasteiger partial charge in [0, 0.05) is 19.7 Å². The van der Waals surface area contributed by atoms with E-state index in [1.165, 1.54) is 18.3 Å². The molecular weight excluding hydrogens is 288 g/mol. The molecule has 0 saturated carbocycles. The number of carbonyl (C=O) groups is 1. The zero-order chi connectivity index (χ0) is 15.5. The lowest BCUT2D eigenvalue weighted by atomic mass is 10.3. The van der Waals surface area contributed by atoms with E-state index >= 15 is 0 Å². The van der Waals surface area contributed by atoms with Gasteiger partial charge in [0.2, 0.25) is 5.91 Å². The van der Waals surface area contributed by atoms with Crippen molar-refractivity contribution in [3.8, 4) is 0 Å². The van der Waals surface area contributed by atoms with Gasteiger partial charge in [0.15, 0.2) is 0 Å². The number of sulfonamides is 1. The predicted molar refractivity (Wildman–Crippen MR) is 82.8 cm³/mol. The summed E-state index contributed by atoms with van der Waals surface area (Å²) in [5.74, 6) is -0.173. The Morgan fingerprint density at radius 3 is 2.10 bits per heavy atom. The van der Waals surface area contributed by atoms with Gasteiger partial charge in [-0.15, -0.1) is 0 Å². The maximum Gasteiger partial charge on any atom is 0.264 e. The van der Waals surface area contributed by atoms with Crippen LogP contribution < -0.4 is 9.62 Å². The summed E-state index contributed by atoms with van der Waals surface area (Å²) in [4.78, 5) is 11.2. The van der Waals surface area contributed by atoms with Crippen LogP contribution in [0, 0.1) is 0 Å². The molecule has 0 saturated heterocycles. The van der Waals surface area contributed by atoms with Crippen LogP contribution in [-0.4, -0.2) is 21.4 Å². The zero-order valence-corrected chi connectivity index (χ0v) is 12.6. The largest absolute Gasteiger partial charge is 0.326 e. The van der Waals surface area contributed by atoms with Crippen molar-refractivity contribution in [3.05, 3.63) is 54.6 Å². The molecule has 2 aromatic rings. The Morgan fingerprint density at radius 1 is 1.00 bits per heavy atom. The SMILES string of the molecule is CC(=O)Nc1ccc(N(C)S(=O)(=O)c2ccccc2)cc1. The average Bonchev–Trinajstić information content (AvgIpc) is 2.47. The number of benzene rings is 2. The van der Waals surface area contributed by atoms with Gasteiger partial charge in [-0.25, -0.2) is 8.42 Å². The Bertz CT molecular complexity index is 725. The Hall–Kier alpha value is -2.34. The molecule has 0 aliphatic carbocycles. The summed E-state index contributed by atoms with van der Waals surface area (Å²) in [7, 11) is -2.09. The molecule has 0 heterocycles. The van der Waals surface area contributed by atoms with Gasteiger partial charge in [-0.05, 0) is 36.4 Å². The van der Waals surface area contributed by atoms with Crippen LogP contribution in [0.1, 0.15) is 6.92 Å². The van der Waals surface area contributed by atoms with Crippen LogP contribution in [0.4, 0.5) is 11.4 Å². The van der Waals surface area contributed by atoms with Crippen molar-refractivity contribution in [1.29, 1.82) is 0 Å². The number of nitrogens with one attached hydrogen (secondary N) is 1. The summed E-state index contributed by atoms with van der Waals surface area (Å²) < 4.78 is 26.1. The van der Waals surface area contributed by atoms with Gasteiger partial charge in [-0.1, -0.05) is 18.2 Å². The number of hydrogen-bond donors (Lipinski definition) is 1. The third-order valence-corrected chi connectivity index (χ3v) is 4.75. The van der Waals surface area contributed by atoms with E-state index in [1.807, 2.05) is 0 Å². The van der Waals surface area contributed by atoms with E-state index in [-0.39, 0.29) is 10.8 Å². The van der Waals surface area contributed by atoms with Gasteiger partial charge in [0.05, 0.1) is 10.6 Å². The smallest absolute Gasteiger partial charge is 0.264 e.